The number of hydrogen-bond donors (Lipinski definition) is 1. The molecule has 0 aliphatic heterocycles. The van der Waals surface area contributed by atoms with E-state index in [0.29, 0.717) is 6.04 Å². The van der Waals surface area contributed by atoms with Crippen LogP contribution < -0.4 is 5.32 Å². The first-order valence-electron chi connectivity index (χ1n) is 8.07. The topological polar surface area (TPSA) is 24.9 Å². The lowest BCUT2D eigenvalue weighted by Crippen LogP contribution is -2.22. The maximum absolute atomic E-state index is 4.94. The molecule has 1 aliphatic carbocycles. The molecule has 1 heterocycles. The Morgan fingerprint density at radius 1 is 1.16 bits per heavy atom. The van der Waals surface area contributed by atoms with Crippen LogP contribution in [0, 0.1) is 0 Å². The molecule has 19 heavy (non-hydrogen) atoms. The van der Waals surface area contributed by atoms with Gasteiger partial charge in [0.25, 0.3) is 0 Å². The van der Waals surface area contributed by atoms with Crippen LogP contribution in [0.1, 0.15) is 80.4 Å². The molecule has 0 fully saturated rings. The average Bonchev–Trinajstić information content (AvgIpc) is 2.86. The second-order valence-electron chi connectivity index (χ2n) is 5.63. The summed E-state index contributed by atoms with van der Waals surface area (Å²) in [6, 6.07) is 0.502. The summed E-state index contributed by atoms with van der Waals surface area (Å²) in [7, 11) is 0. The highest BCUT2D eigenvalue weighted by molar-refractivity contribution is 7.11. The van der Waals surface area contributed by atoms with Gasteiger partial charge in [0.1, 0.15) is 5.01 Å². The smallest absolute Gasteiger partial charge is 0.110 e. The van der Waals surface area contributed by atoms with Crippen LogP contribution >= 0.6 is 11.3 Å². The average molecular weight is 280 g/mol. The molecular weight excluding hydrogens is 252 g/mol. The lowest BCUT2D eigenvalue weighted by molar-refractivity contribution is 0.472. The fourth-order valence-corrected chi connectivity index (χ4v) is 4.01. The Balaban J connectivity index is 2.01. The maximum Gasteiger partial charge on any atom is 0.110 e. The molecule has 1 aromatic rings. The van der Waals surface area contributed by atoms with Gasteiger partial charge in [-0.1, -0.05) is 33.1 Å². The molecule has 0 saturated heterocycles. The van der Waals surface area contributed by atoms with Crippen molar-refractivity contribution in [2.75, 3.05) is 6.54 Å². The Hall–Kier alpha value is -0.410. The van der Waals surface area contributed by atoms with E-state index < -0.39 is 0 Å². The molecule has 1 aromatic heterocycles. The molecule has 2 rings (SSSR count). The predicted octanol–water partition coefficient (Wildman–Crippen LogP) is 4.64. The molecular formula is C16H28N2S. The van der Waals surface area contributed by atoms with Crippen LogP contribution in [0.25, 0.3) is 0 Å². The molecule has 0 amide bonds. The van der Waals surface area contributed by atoms with Gasteiger partial charge in [-0.05, 0) is 45.1 Å². The Morgan fingerprint density at radius 2 is 2.00 bits per heavy atom. The SMILES string of the molecule is CCCCCC(NCCC)c1nc2c(s1)CCCC2. The number of thiazole rings is 1. The Labute approximate surface area is 122 Å². The van der Waals surface area contributed by atoms with Crippen molar-refractivity contribution >= 4 is 11.3 Å². The zero-order valence-electron chi connectivity index (χ0n) is 12.5. The summed E-state index contributed by atoms with van der Waals surface area (Å²) in [5.74, 6) is 0. The van der Waals surface area contributed by atoms with Crippen molar-refractivity contribution in [2.45, 2.75) is 77.7 Å². The third kappa shape index (κ3) is 4.28. The normalized spacial score (nSPS) is 16.3. The van der Waals surface area contributed by atoms with Crippen molar-refractivity contribution < 1.29 is 0 Å². The molecule has 0 aromatic carbocycles. The van der Waals surface area contributed by atoms with Gasteiger partial charge < -0.3 is 5.32 Å². The molecule has 1 aliphatic rings. The van der Waals surface area contributed by atoms with Crippen molar-refractivity contribution in [1.29, 1.82) is 0 Å². The number of aromatic nitrogens is 1. The molecule has 2 nitrogen and oxygen atoms in total. The molecule has 1 N–H and O–H groups in total. The van der Waals surface area contributed by atoms with Gasteiger partial charge in [-0.2, -0.15) is 0 Å². The first-order valence-corrected chi connectivity index (χ1v) is 8.88. The maximum atomic E-state index is 4.94. The first-order chi connectivity index (χ1) is 9.35. The molecule has 1 unspecified atom stereocenters. The van der Waals surface area contributed by atoms with Crippen LogP contribution in [0.3, 0.4) is 0 Å². The van der Waals surface area contributed by atoms with Crippen LogP contribution in [0.15, 0.2) is 0 Å². The minimum atomic E-state index is 0.502. The van der Waals surface area contributed by atoms with E-state index in [9.17, 15) is 0 Å². The van der Waals surface area contributed by atoms with Gasteiger partial charge in [0.15, 0.2) is 0 Å². The summed E-state index contributed by atoms with van der Waals surface area (Å²) in [5.41, 5.74) is 1.41. The van der Waals surface area contributed by atoms with Crippen LogP contribution in [0.5, 0.6) is 0 Å². The molecule has 0 bridgehead atoms. The summed E-state index contributed by atoms with van der Waals surface area (Å²) in [5, 5.41) is 5.06. The molecule has 0 saturated carbocycles. The Kier molecular flexibility index (Phi) is 6.32. The van der Waals surface area contributed by atoms with Gasteiger partial charge >= 0.3 is 0 Å². The number of unbranched alkanes of at least 4 members (excludes halogenated alkanes) is 2. The largest absolute Gasteiger partial charge is 0.308 e. The zero-order valence-corrected chi connectivity index (χ0v) is 13.3. The van der Waals surface area contributed by atoms with Gasteiger partial charge in [0.05, 0.1) is 11.7 Å². The fourth-order valence-electron chi connectivity index (χ4n) is 2.75. The quantitative estimate of drug-likeness (QED) is 0.702. The van der Waals surface area contributed by atoms with E-state index in [4.69, 9.17) is 4.98 Å². The lowest BCUT2D eigenvalue weighted by Gasteiger charge is -2.15. The molecule has 0 spiro atoms. The van der Waals surface area contributed by atoms with Crippen molar-refractivity contribution in [3.05, 3.63) is 15.6 Å². The van der Waals surface area contributed by atoms with Gasteiger partial charge in [0.2, 0.25) is 0 Å². The van der Waals surface area contributed by atoms with E-state index in [0.717, 1.165) is 6.54 Å². The van der Waals surface area contributed by atoms with E-state index in [1.54, 1.807) is 4.88 Å². The van der Waals surface area contributed by atoms with Crippen molar-refractivity contribution in [3.8, 4) is 0 Å². The van der Waals surface area contributed by atoms with E-state index in [-0.39, 0.29) is 0 Å². The fraction of sp³-hybridized carbons (Fsp3) is 0.812. The van der Waals surface area contributed by atoms with E-state index >= 15 is 0 Å². The summed E-state index contributed by atoms with van der Waals surface area (Å²) in [6.07, 6.45) is 11.6. The van der Waals surface area contributed by atoms with Crippen molar-refractivity contribution in [3.63, 3.8) is 0 Å². The second kappa shape index (κ2) is 8.01. The number of rotatable bonds is 8. The van der Waals surface area contributed by atoms with Crippen LogP contribution in [-0.2, 0) is 12.8 Å². The lowest BCUT2D eigenvalue weighted by atomic mass is 10.0. The standard InChI is InChI=1S/C16H28N2S/c1-3-5-6-10-14(17-12-4-2)16-18-13-9-7-8-11-15(13)19-16/h14,17H,3-12H2,1-2H3. The highest BCUT2D eigenvalue weighted by Gasteiger charge is 2.20. The highest BCUT2D eigenvalue weighted by atomic mass is 32.1. The van der Waals surface area contributed by atoms with Crippen molar-refractivity contribution in [2.24, 2.45) is 0 Å². The zero-order chi connectivity index (χ0) is 13.5. The van der Waals surface area contributed by atoms with E-state index in [2.05, 4.69) is 19.2 Å². The molecule has 1 atom stereocenters. The van der Waals surface area contributed by atoms with Crippen LogP contribution in [0.2, 0.25) is 0 Å². The van der Waals surface area contributed by atoms with E-state index in [1.807, 2.05) is 11.3 Å². The van der Waals surface area contributed by atoms with Crippen LogP contribution in [0.4, 0.5) is 0 Å². The number of hydrogen-bond acceptors (Lipinski definition) is 3. The van der Waals surface area contributed by atoms with Crippen LogP contribution in [-0.4, -0.2) is 11.5 Å². The minimum Gasteiger partial charge on any atom is -0.308 e. The van der Waals surface area contributed by atoms with Gasteiger partial charge in [-0.25, -0.2) is 4.98 Å². The van der Waals surface area contributed by atoms with E-state index in [1.165, 1.54) is 68.5 Å². The monoisotopic (exact) mass is 280 g/mol. The number of nitrogens with one attached hydrogen (secondary N) is 1. The van der Waals surface area contributed by atoms with Crippen molar-refractivity contribution in [1.82, 2.24) is 10.3 Å². The second-order valence-corrected chi connectivity index (χ2v) is 6.75. The molecule has 108 valence electrons. The van der Waals surface area contributed by atoms with Gasteiger partial charge in [-0.3, -0.25) is 0 Å². The van der Waals surface area contributed by atoms with Gasteiger partial charge in [0, 0.05) is 4.88 Å². The van der Waals surface area contributed by atoms with Gasteiger partial charge in [-0.15, -0.1) is 11.3 Å². The molecule has 0 radical (unpaired) electrons. The summed E-state index contributed by atoms with van der Waals surface area (Å²) < 4.78 is 0. The number of aryl methyl sites for hydroxylation is 2. The third-order valence-electron chi connectivity index (χ3n) is 3.90. The highest BCUT2D eigenvalue weighted by Crippen LogP contribution is 2.31. The Morgan fingerprint density at radius 3 is 2.74 bits per heavy atom. The summed E-state index contributed by atoms with van der Waals surface area (Å²) in [4.78, 5) is 6.51. The summed E-state index contributed by atoms with van der Waals surface area (Å²) in [6.45, 7) is 5.63. The minimum absolute atomic E-state index is 0.502. The summed E-state index contributed by atoms with van der Waals surface area (Å²) >= 11 is 1.98. The number of fused-ring (bicyclic) bond motifs is 1. The third-order valence-corrected chi connectivity index (χ3v) is 5.17. The Bertz CT molecular complexity index is 349. The molecule has 3 heteroatoms. The number of nitrogens with zero attached hydrogens (tertiary/aromatic N) is 1. The first kappa shape index (κ1) is 15.0. The predicted molar refractivity (Wildman–Crippen MR) is 83.9 cm³/mol.